The third-order valence-corrected chi connectivity index (χ3v) is 4.12. The van der Waals surface area contributed by atoms with Crippen molar-refractivity contribution in [2.24, 2.45) is 4.99 Å². The molecule has 0 aliphatic carbocycles. The quantitative estimate of drug-likeness (QED) is 0.575. The van der Waals surface area contributed by atoms with Crippen LogP contribution in [0.1, 0.15) is 5.56 Å². The first kappa shape index (κ1) is 15.1. The third-order valence-electron chi connectivity index (χ3n) is 3.39. The van der Waals surface area contributed by atoms with E-state index in [0.717, 1.165) is 21.7 Å². The second-order valence-electron chi connectivity index (χ2n) is 5.15. The molecule has 4 aromatic rings. The Labute approximate surface area is 145 Å². The number of fused-ring (bicyclic) bond motifs is 1. The first-order valence-corrected chi connectivity index (χ1v) is 8.15. The summed E-state index contributed by atoms with van der Waals surface area (Å²) in [5, 5.41) is 15.5. The predicted octanol–water partition coefficient (Wildman–Crippen LogP) is 1.32. The fraction of sp³-hybridized carbons (Fsp3) is 0.0667. The van der Waals surface area contributed by atoms with E-state index in [4.69, 9.17) is 0 Å². The zero-order valence-electron chi connectivity index (χ0n) is 12.8. The molecule has 0 bridgehead atoms. The van der Waals surface area contributed by atoms with Crippen LogP contribution in [0.3, 0.4) is 0 Å². The molecule has 0 aliphatic rings. The monoisotopic (exact) mass is 352 g/mol. The number of nitrogens with zero attached hydrogens (tertiary/aromatic N) is 6. The molecule has 3 heterocycles. The summed E-state index contributed by atoms with van der Waals surface area (Å²) in [6.45, 7) is 0. The van der Waals surface area contributed by atoms with Gasteiger partial charge in [0.25, 0.3) is 0 Å². The molecule has 9 nitrogen and oxygen atoms in total. The van der Waals surface area contributed by atoms with Crippen molar-refractivity contribution < 1.29 is 4.79 Å². The number of aromatic nitrogens is 6. The Morgan fingerprint density at radius 2 is 2.12 bits per heavy atom. The second kappa shape index (κ2) is 6.61. The Kier molecular flexibility index (Phi) is 4.01. The first-order chi connectivity index (χ1) is 12.3. The summed E-state index contributed by atoms with van der Waals surface area (Å²) in [6, 6.07) is 13.3. The average molecular weight is 352 g/mol. The van der Waals surface area contributed by atoms with Gasteiger partial charge >= 0.3 is 0 Å². The fourth-order valence-corrected chi connectivity index (χ4v) is 2.96. The van der Waals surface area contributed by atoms with E-state index in [1.54, 1.807) is 0 Å². The highest BCUT2D eigenvalue weighted by atomic mass is 32.1. The Bertz CT molecular complexity index is 1060. The zero-order valence-corrected chi connectivity index (χ0v) is 13.6. The molecule has 1 amide bonds. The summed E-state index contributed by atoms with van der Waals surface area (Å²) in [7, 11) is 0. The van der Waals surface area contributed by atoms with Crippen molar-refractivity contribution in [3.05, 3.63) is 59.0 Å². The number of nitrogens with one attached hydrogen (secondary N) is 2. The van der Waals surface area contributed by atoms with Gasteiger partial charge in [-0.1, -0.05) is 23.3 Å². The Morgan fingerprint density at radius 1 is 1.24 bits per heavy atom. The molecule has 0 spiro atoms. The van der Waals surface area contributed by atoms with Gasteiger partial charge in [-0.2, -0.15) is 4.37 Å². The molecule has 0 saturated heterocycles. The number of benzene rings is 1. The Hall–Kier alpha value is -3.40. The van der Waals surface area contributed by atoms with Gasteiger partial charge in [0.15, 0.2) is 5.65 Å². The normalized spacial score (nSPS) is 11.8. The van der Waals surface area contributed by atoms with Crippen LogP contribution in [-0.4, -0.2) is 35.3 Å². The zero-order chi connectivity index (χ0) is 17.1. The van der Waals surface area contributed by atoms with E-state index >= 15 is 0 Å². The van der Waals surface area contributed by atoms with E-state index < -0.39 is 0 Å². The maximum atomic E-state index is 11.9. The number of tetrazole rings is 1. The Morgan fingerprint density at radius 3 is 2.92 bits per heavy atom. The molecule has 0 atom stereocenters. The van der Waals surface area contributed by atoms with Crippen molar-refractivity contribution >= 4 is 34.7 Å². The van der Waals surface area contributed by atoms with Gasteiger partial charge in [0.1, 0.15) is 0 Å². The molecule has 0 saturated carbocycles. The van der Waals surface area contributed by atoms with Crippen LogP contribution in [0.4, 0.5) is 11.6 Å². The first-order valence-electron chi connectivity index (χ1n) is 7.38. The molecular weight excluding hydrogens is 340 g/mol. The minimum Gasteiger partial charge on any atom is -0.293 e. The highest BCUT2D eigenvalue weighted by Crippen LogP contribution is 2.13. The second-order valence-corrected chi connectivity index (χ2v) is 5.88. The largest absolute Gasteiger partial charge is 0.293 e. The number of hydrogen-bond acceptors (Lipinski definition) is 7. The van der Waals surface area contributed by atoms with E-state index in [2.05, 4.69) is 35.3 Å². The predicted molar refractivity (Wildman–Crippen MR) is 91.2 cm³/mol. The summed E-state index contributed by atoms with van der Waals surface area (Å²) >= 11 is 1.33. The maximum Gasteiger partial charge on any atom is 0.246 e. The number of hydrogen-bond donors (Lipinski definition) is 2. The van der Waals surface area contributed by atoms with E-state index in [-0.39, 0.29) is 18.3 Å². The number of carbonyl (C=O) groups excluding carboxylic acids is 1. The van der Waals surface area contributed by atoms with Crippen LogP contribution in [0.25, 0.3) is 5.65 Å². The molecule has 25 heavy (non-hydrogen) atoms. The maximum absolute atomic E-state index is 11.9. The smallest absolute Gasteiger partial charge is 0.246 e. The SMILES string of the molecule is O=C(Cc1ccc(N=c2snc3ccccn23)cc1)Nc1nnn[nH]1. The van der Waals surface area contributed by atoms with Gasteiger partial charge in [0, 0.05) is 17.7 Å². The van der Waals surface area contributed by atoms with Crippen LogP contribution in [0, 0.1) is 0 Å². The summed E-state index contributed by atoms with van der Waals surface area (Å²) in [4.78, 5) is 17.3. The lowest BCUT2D eigenvalue weighted by molar-refractivity contribution is -0.115. The molecule has 3 aromatic heterocycles. The number of rotatable bonds is 4. The van der Waals surface area contributed by atoms with E-state index in [0.29, 0.717) is 0 Å². The molecule has 1 aromatic carbocycles. The van der Waals surface area contributed by atoms with Gasteiger partial charge in [0.05, 0.1) is 12.1 Å². The summed E-state index contributed by atoms with van der Waals surface area (Å²) in [6.07, 6.45) is 2.15. The molecule has 10 heteroatoms. The number of amides is 1. The molecule has 0 unspecified atom stereocenters. The van der Waals surface area contributed by atoms with Crippen molar-refractivity contribution in [3.63, 3.8) is 0 Å². The minimum absolute atomic E-state index is 0.202. The number of carbonyl (C=O) groups is 1. The number of aromatic amines is 1. The van der Waals surface area contributed by atoms with Crippen molar-refractivity contribution in [2.75, 3.05) is 5.32 Å². The van der Waals surface area contributed by atoms with Gasteiger partial charge in [-0.3, -0.25) is 14.5 Å². The molecule has 0 radical (unpaired) electrons. The van der Waals surface area contributed by atoms with Crippen LogP contribution in [0.15, 0.2) is 53.7 Å². The molecule has 4 rings (SSSR count). The Balaban J connectivity index is 1.50. The summed E-state index contributed by atoms with van der Waals surface area (Å²) in [5.74, 6) is 0.0259. The lowest BCUT2D eigenvalue weighted by Gasteiger charge is -2.02. The van der Waals surface area contributed by atoms with Gasteiger partial charge in [-0.05, 0) is 40.3 Å². The van der Waals surface area contributed by atoms with E-state index in [1.807, 2.05) is 53.1 Å². The topological polar surface area (TPSA) is 113 Å². The third kappa shape index (κ3) is 3.43. The average Bonchev–Trinajstić information content (AvgIpc) is 3.27. The number of H-pyrrole nitrogens is 1. The van der Waals surface area contributed by atoms with Crippen LogP contribution in [0.2, 0.25) is 0 Å². The lowest BCUT2D eigenvalue weighted by Crippen LogP contribution is -2.15. The van der Waals surface area contributed by atoms with Gasteiger partial charge in [-0.25, -0.2) is 10.1 Å². The highest BCUT2D eigenvalue weighted by molar-refractivity contribution is 7.03. The van der Waals surface area contributed by atoms with Crippen molar-refractivity contribution in [1.29, 1.82) is 0 Å². The summed E-state index contributed by atoms with van der Waals surface area (Å²) < 4.78 is 6.27. The van der Waals surface area contributed by atoms with E-state index in [9.17, 15) is 4.79 Å². The van der Waals surface area contributed by atoms with Gasteiger partial charge in [0.2, 0.25) is 16.7 Å². The van der Waals surface area contributed by atoms with Crippen molar-refractivity contribution in [3.8, 4) is 0 Å². The van der Waals surface area contributed by atoms with Crippen LogP contribution in [0.5, 0.6) is 0 Å². The number of pyridine rings is 1. The number of anilines is 1. The molecule has 0 aliphatic heterocycles. The van der Waals surface area contributed by atoms with E-state index in [1.165, 1.54) is 11.5 Å². The van der Waals surface area contributed by atoms with Crippen molar-refractivity contribution in [1.82, 2.24) is 29.4 Å². The minimum atomic E-state index is -0.202. The summed E-state index contributed by atoms with van der Waals surface area (Å²) in [5.41, 5.74) is 2.53. The highest BCUT2D eigenvalue weighted by Gasteiger charge is 2.06. The molecular formula is C15H12N8OS. The van der Waals surface area contributed by atoms with Crippen LogP contribution >= 0.6 is 11.5 Å². The van der Waals surface area contributed by atoms with Crippen molar-refractivity contribution in [2.45, 2.75) is 6.42 Å². The van der Waals surface area contributed by atoms with Gasteiger partial charge in [-0.15, -0.1) is 0 Å². The standard InChI is InChI=1S/C15H12N8OS/c24-13(17-14-18-21-22-19-14)9-10-4-6-11(7-5-10)16-15-23-8-2-1-3-12(23)20-25-15/h1-8H,9H2,(H2,17,18,19,21,22,24). The van der Waals surface area contributed by atoms with Crippen LogP contribution in [-0.2, 0) is 11.2 Å². The molecule has 2 N–H and O–H groups in total. The van der Waals surface area contributed by atoms with Crippen LogP contribution < -0.4 is 10.1 Å². The molecule has 124 valence electrons. The lowest BCUT2D eigenvalue weighted by atomic mass is 10.1. The fourth-order valence-electron chi connectivity index (χ4n) is 2.25. The van der Waals surface area contributed by atoms with Gasteiger partial charge < -0.3 is 0 Å². The molecule has 0 fully saturated rings.